The van der Waals surface area contributed by atoms with Gasteiger partial charge in [-0.2, -0.15) is 5.10 Å². The van der Waals surface area contributed by atoms with Crippen molar-refractivity contribution in [2.24, 2.45) is 5.92 Å². The fourth-order valence-corrected chi connectivity index (χ4v) is 3.60. The first-order valence-corrected chi connectivity index (χ1v) is 10.6. The van der Waals surface area contributed by atoms with Crippen molar-refractivity contribution in [3.8, 4) is 22.5 Å². The van der Waals surface area contributed by atoms with Gasteiger partial charge in [0.1, 0.15) is 5.82 Å². The predicted octanol–water partition coefficient (Wildman–Crippen LogP) is 4.49. The lowest BCUT2D eigenvalue weighted by molar-refractivity contribution is 0.596. The Kier molecular flexibility index (Phi) is 6.31. The molecule has 0 unspecified atom stereocenters. The van der Waals surface area contributed by atoms with Crippen LogP contribution in [0.2, 0.25) is 0 Å². The van der Waals surface area contributed by atoms with Gasteiger partial charge in [-0.15, -0.1) is 11.7 Å². The molecule has 0 saturated heterocycles. The molecule has 7 nitrogen and oxygen atoms in total. The molecule has 0 aliphatic rings. The molecule has 0 aliphatic carbocycles. The van der Waals surface area contributed by atoms with E-state index in [9.17, 15) is 0 Å². The van der Waals surface area contributed by atoms with Crippen molar-refractivity contribution in [1.82, 2.24) is 35.4 Å². The van der Waals surface area contributed by atoms with Crippen LogP contribution < -0.4 is 0 Å². The molecular formula is C24H27N7. The van der Waals surface area contributed by atoms with Gasteiger partial charge in [-0.25, -0.2) is 14.8 Å². The monoisotopic (exact) mass is 413 g/mol. The minimum Gasteiger partial charge on any atom is -0.245 e. The van der Waals surface area contributed by atoms with Gasteiger partial charge in [-0.05, 0) is 39.5 Å². The predicted molar refractivity (Wildman–Crippen MR) is 121 cm³/mol. The highest BCUT2D eigenvalue weighted by molar-refractivity contribution is 5.80. The van der Waals surface area contributed by atoms with Crippen LogP contribution in [0.1, 0.15) is 37.5 Å². The maximum absolute atomic E-state index is 4.77. The number of aromatic nitrogens is 7. The fourth-order valence-electron chi connectivity index (χ4n) is 3.60. The van der Waals surface area contributed by atoms with Crippen LogP contribution >= 0.6 is 0 Å². The number of nitrogens with zero attached hydrogens (tertiary/aromatic N) is 6. The van der Waals surface area contributed by atoms with Crippen molar-refractivity contribution in [3.05, 3.63) is 78.4 Å². The highest BCUT2D eigenvalue weighted by atomic mass is 15.5. The molecule has 0 fully saturated rings. The largest absolute Gasteiger partial charge is 0.245 e. The minimum absolute atomic E-state index is 0.530. The lowest BCUT2D eigenvalue weighted by atomic mass is 9.98. The Hall–Kier alpha value is -3.61. The number of H-pyrrole nitrogens is 1. The number of benzene rings is 2. The molecule has 1 N–H and O–H groups in total. The van der Waals surface area contributed by atoms with E-state index in [2.05, 4.69) is 71.4 Å². The lowest BCUT2D eigenvalue weighted by Gasteiger charge is -2.09. The summed E-state index contributed by atoms with van der Waals surface area (Å²) in [5.41, 5.74) is 4.35. The molecule has 0 radical (unpaired) electrons. The molecule has 0 bridgehead atoms. The van der Waals surface area contributed by atoms with Gasteiger partial charge in [-0.1, -0.05) is 68.5 Å². The zero-order valence-corrected chi connectivity index (χ0v) is 18.0. The molecule has 2 aromatic heterocycles. The van der Waals surface area contributed by atoms with Crippen LogP contribution in [-0.4, -0.2) is 35.4 Å². The number of hydrogen-bond acceptors (Lipinski definition) is 5. The topological polar surface area (TPSA) is 85.2 Å². The van der Waals surface area contributed by atoms with E-state index >= 15 is 0 Å². The van der Waals surface area contributed by atoms with E-state index in [0.717, 1.165) is 47.6 Å². The zero-order chi connectivity index (χ0) is 21.6. The summed E-state index contributed by atoms with van der Waals surface area (Å²) in [5.74, 6) is 3.12. The number of aromatic amines is 1. The number of aryl methyl sites for hydroxylation is 1. The van der Waals surface area contributed by atoms with Crippen LogP contribution in [0.5, 0.6) is 0 Å². The van der Waals surface area contributed by atoms with E-state index < -0.39 is 0 Å². The minimum atomic E-state index is 0.530. The molecule has 4 rings (SSSR count). The molecule has 7 heteroatoms. The van der Waals surface area contributed by atoms with Gasteiger partial charge >= 0.3 is 0 Å². The Morgan fingerprint density at radius 2 is 1.84 bits per heavy atom. The Bertz CT molecular complexity index is 1130. The Morgan fingerprint density at radius 1 is 1.06 bits per heavy atom. The van der Waals surface area contributed by atoms with E-state index in [-0.39, 0.29) is 0 Å². The summed E-state index contributed by atoms with van der Waals surface area (Å²) >= 11 is 0. The molecule has 31 heavy (non-hydrogen) atoms. The third kappa shape index (κ3) is 4.94. The van der Waals surface area contributed by atoms with Gasteiger partial charge in [0.15, 0.2) is 11.6 Å². The van der Waals surface area contributed by atoms with Crippen molar-refractivity contribution in [1.29, 1.82) is 0 Å². The Morgan fingerprint density at radius 3 is 2.52 bits per heavy atom. The van der Waals surface area contributed by atoms with Crippen LogP contribution in [0.4, 0.5) is 0 Å². The average Bonchev–Trinajstić information content (AvgIpc) is 3.43. The average molecular weight is 414 g/mol. The van der Waals surface area contributed by atoms with Gasteiger partial charge in [0.25, 0.3) is 0 Å². The number of allylic oxidation sites excluding steroid dienone is 1. The SMILES string of the molecule is C=CCCc1nc(CC(C)C)nn1Cc1ccc(-c2ccccc2-c2nnn[nH]2)cc1. The molecule has 2 aromatic carbocycles. The second-order valence-corrected chi connectivity index (χ2v) is 8.02. The Balaban J connectivity index is 1.57. The van der Waals surface area contributed by atoms with Gasteiger partial charge < -0.3 is 0 Å². The van der Waals surface area contributed by atoms with Gasteiger partial charge in [0.05, 0.1) is 6.54 Å². The summed E-state index contributed by atoms with van der Waals surface area (Å²) in [7, 11) is 0. The van der Waals surface area contributed by atoms with E-state index in [1.807, 2.05) is 29.0 Å². The van der Waals surface area contributed by atoms with E-state index in [1.54, 1.807) is 0 Å². The summed E-state index contributed by atoms with van der Waals surface area (Å²) in [6, 6.07) is 16.7. The van der Waals surface area contributed by atoms with Gasteiger partial charge in [0, 0.05) is 18.4 Å². The number of rotatable bonds is 9. The van der Waals surface area contributed by atoms with Gasteiger partial charge in [0.2, 0.25) is 0 Å². The maximum atomic E-state index is 4.77. The van der Waals surface area contributed by atoms with Crippen molar-refractivity contribution >= 4 is 0 Å². The number of nitrogens with one attached hydrogen (secondary N) is 1. The fraction of sp³-hybridized carbons (Fsp3) is 0.292. The second-order valence-electron chi connectivity index (χ2n) is 8.02. The third-order valence-corrected chi connectivity index (χ3v) is 5.08. The molecule has 4 aromatic rings. The second kappa shape index (κ2) is 9.47. The highest BCUT2D eigenvalue weighted by Crippen LogP contribution is 2.29. The summed E-state index contributed by atoms with van der Waals surface area (Å²) in [5, 5.41) is 19.1. The first-order valence-electron chi connectivity index (χ1n) is 10.6. The summed E-state index contributed by atoms with van der Waals surface area (Å²) in [6.07, 6.45) is 4.56. The lowest BCUT2D eigenvalue weighted by Crippen LogP contribution is -2.07. The molecular weight excluding hydrogens is 386 g/mol. The number of tetrazole rings is 1. The van der Waals surface area contributed by atoms with Crippen molar-refractivity contribution < 1.29 is 0 Å². The normalized spacial score (nSPS) is 11.2. The van der Waals surface area contributed by atoms with E-state index in [4.69, 9.17) is 10.1 Å². The Labute approximate surface area is 182 Å². The van der Waals surface area contributed by atoms with Crippen LogP contribution in [0.3, 0.4) is 0 Å². The van der Waals surface area contributed by atoms with Crippen molar-refractivity contribution in [2.75, 3.05) is 0 Å². The molecule has 0 aliphatic heterocycles. The molecule has 0 saturated carbocycles. The summed E-state index contributed by atoms with van der Waals surface area (Å²) < 4.78 is 2.03. The summed E-state index contributed by atoms with van der Waals surface area (Å²) in [4.78, 5) is 4.77. The standard InChI is InChI=1S/C24H27N7/c1-4-5-10-23-25-22(15-17(2)3)28-31(23)16-18-11-13-19(14-12-18)20-8-6-7-9-21(20)24-26-29-30-27-24/h4,6-9,11-14,17H,1,5,10,15-16H2,2-3H3,(H,26,27,29,30). The van der Waals surface area contributed by atoms with Crippen LogP contribution in [0.15, 0.2) is 61.2 Å². The molecule has 0 amide bonds. The first kappa shape index (κ1) is 20.7. The summed E-state index contributed by atoms with van der Waals surface area (Å²) in [6.45, 7) is 8.92. The molecule has 0 spiro atoms. The van der Waals surface area contributed by atoms with E-state index in [1.165, 1.54) is 5.56 Å². The van der Waals surface area contributed by atoms with Crippen LogP contribution in [0.25, 0.3) is 22.5 Å². The highest BCUT2D eigenvalue weighted by Gasteiger charge is 2.13. The quantitative estimate of drug-likeness (QED) is 0.409. The molecule has 158 valence electrons. The van der Waals surface area contributed by atoms with Crippen LogP contribution in [0, 0.1) is 5.92 Å². The smallest absolute Gasteiger partial charge is 0.180 e. The maximum Gasteiger partial charge on any atom is 0.180 e. The molecule has 2 heterocycles. The van der Waals surface area contributed by atoms with Crippen molar-refractivity contribution in [2.45, 2.75) is 39.7 Å². The first-order chi connectivity index (χ1) is 15.1. The van der Waals surface area contributed by atoms with Crippen LogP contribution in [-0.2, 0) is 19.4 Å². The number of hydrogen-bond donors (Lipinski definition) is 1. The van der Waals surface area contributed by atoms with Crippen molar-refractivity contribution in [3.63, 3.8) is 0 Å². The molecule has 0 atom stereocenters. The van der Waals surface area contributed by atoms with E-state index in [0.29, 0.717) is 18.3 Å². The van der Waals surface area contributed by atoms with Gasteiger partial charge in [-0.3, -0.25) is 0 Å². The zero-order valence-electron chi connectivity index (χ0n) is 18.0. The third-order valence-electron chi connectivity index (χ3n) is 5.08.